The highest BCUT2D eigenvalue weighted by atomic mass is 16.2. The molecule has 0 fully saturated rings. The smallest absolute Gasteiger partial charge is 0.253 e. The summed E-state index contributed by atoms with van der Waals surface area (Å²) in [5.74, 6) is 2.02. The molecule has 2 aromatic carbocycles. The Bertz CT molecular complexity index is 1170. The molecule has 1 unspecified atom stereocenters. The van der Waals surface area contributed by atoms with Gasteiger partial charge in [0.1, 0.15) is 5.82 Å². The van der Waals surface area contributed by atoms with Crippen LogP contribution in [0.2, 0.25) is 0 Å². The number of rotatable bonds is 7. The van der Waals surface area contributed by atoms with Gasteiger partial charge in [-0.25, -0.2) is 0 Å². The molecule has 0 saturated heterocycles. The quantitative estimate of drug-likeness (QED) is 0.584. The predicted molar refractivity (Wildman–Crippen MR) is 132 cm³/mol. The van der Waals surface area contributed by atoms with Crippen molar-refractivity contribution in [3.8, 4) is 0 Å². The van der Waals surface area contributed by atoms with E-state index in [1.807, 2.05) is 66.4 Å². The van der Waals surface area contributed by atoms with E-state index in [-0.39, 0.29) is 17.9 Å². The molecule has 8 nitrogen and oxygen atoms in total. The number of amides is 2. The lowest BCUT2D eigenvalue weighted by molar-refractivity contribution is -0.122. The molecule has 0 saturated carbocycles. The van der Waals surface area contributed by atoms with Gasteiger partial charge in [0.25, 0.3) is 5.91 Å². The summed E-state index contributed by atoms with van der Waals surface area (Å²) in [5, 5.41) is 14.2. The average Bonchev–Trinajstić information content (AvgIpc) is 3.08. The monoisotopic (exact) mass is 462 g/mol. The van der Waals surface area contributed by atoms with Crippen molar-refractivity contribution >= 4 is 22.6 Å². The highest BCUT2D eigenvalue weighted by Crippen LogP contribution is 2.23. The number of aromatic nitrogens is 3. The number of hydrogen-bond acceptors (Lipinski definition) is 5. The average molecular weight is 463 g/mol. The number of nitrogens with one attached hydrogen (secondary N) is 1. The lowest BCUT2D eigenvalue weighted by Gasteiger charge is -2.23. The Labute approximate surface area is 200 Å². The van der Waals surface area contributed by atoms with E-state index in [1.54, 1.807) is 0 Å². The lowest BCUT2D eigenvalue weighted by atomic mass is 10.0. The first kappa shape index (κ1) is 23.9. The molecule has 1 atom stereocenters. The van der Waals surface area contributed by atoms with Crippen LogP contribution in [-0.2, 0) is 17.8 Å². The molecule has 8 heteroatoms. The van der Waals surface area contributed by atoms with E-state index in [1.165, 1.54) is 0 Å². The molecule has 1 aliphatic heterocycles. The Morgan fingerprint density at radius 3 is 2.53 bits per heavy atom. The van der Waals surface area contributed by atoms with Gasteiger partial charge in [0.2, 0.25) is 5.91 Å². The molecule has 180 valence electrons. The van der Waals surface area contributed by atoms with Gasteiger partial charge in [-0.3, -0.25) is 9.59 Å². The highest BCUT2D eigenvalue weighted by molar-refractivity contribution is 5.98. The zero-order valence-corrected chi connectivity index (χ0v) is 20.5. The van der Waals surface area contributed by atoms with Crippen LogP contribution in [0.15, 0.2) is 42.5 Å². The SMILES string of the molecule is CC(C)CC(NC(=O)CN(C)C)c1nnc2n1CCN(C(=O)c1ccc3ccccc3c1)CC2. The van der Waals surface area contributed by atoms with E-state index in [2.05, 4.69) is 33.9 Å². The fourth-order valence-electron chi connectivity index (χ4n) is 4.54. The molecule has 2 amide bonds. The molecule has 3 aromatic rings. The van der Waals surface area contributed by atoms with Gasteiger partial charge in [0, 0.05) is 31.6 Å². The molecule has 0 aliphatic carbocycles. The number of nitrogens with zero attached hydrogens (tertiary/aromatic N) is 5. The summed E-state index contributed by atoms with van der Waals surface area (Å²) in [6, 6.07) is 13.7. The first-order valence-corrected chi connectivity index (χ1v) is 12.0. The second-order valence-electron chi connectivity index (χ2n) is 9.72. The summed E-state index contributed by atoms with van der Waals surface area (Å²) in [6.07, 6.45) is 1.41. The second-order valence-corrected chi connectivity index (χ2v) is 9.72. The number of fused-ring (bicyclic) bond motifs is 2. The van der Waals surface area contributed by atoms with Crippen LogP contribution in [0.3, 0.4) is 0 Å². The van der Waals surface area contributed by atoms with E-state index < -0.39 is 0 Å². The Kier molecular flexibility index (Phi) is 7.26. The Balaban J connectivity index is 1.51. The molecule has 1 aromatic heterocycles. The normalized spacial score (nSPS) is 14.8. The van der Waals surface area contributed by atoms with E-state index in [9.17, 15) is 9.59 Å². The first-order valence-electron chi connectivity index (χ1n) is 12.0. The molecule has 1 N–H and O–H groups in total. The van der Waals surface area contributed by atoms with Gasteiger partial charge >= 0.3 is 0 Å². The van der Waals surface area contributed by atoms with Crippen LogP contribution >= 0.6 is 0 Å². The molecular weight excluding hydrogens is 428 g/mol. The highest BCUT2D eigenvalue weighted by Gasteiger charge is 2.27. The minimum absolute atomic E-state index is 0.0315. The van der Waals surface area contributed by atoms with Crippen LogP contribution in [0.1, 0.15) is 48.3 Å². The van der Waals surface area contributed by atoms with Gasteiger partial charge in [-0.1, -0.05) is 44.2 Å². The number of benzene rings is 2. The maximum absolute atomic E-state index is 13.3. The Morgan fingerprint density at radius 1 is 1.03 bits per heavy atom. The van der Waals surface area contributed by atoms with Gasteiger partial charge in [0.05, 0.1) is 12.6 Å². The summed E-state index contributed by atoms with van der Waals surface area (Å²) in [5.41, 5.74) is 0.699. The standard InChI is InChI=1S/C26H34N6O2/c1-18(2)15-22(27-24(33)17-30(3)4)25-29-28-23-11-12-31(13-14-32(23)25)26(34)21-10-9-19-7-5-6-8-20(19)16-21/h5-10,16,18,22H,11-15,17H2,1-4H3,(H,27,33). The van der Waals surface area contributed by atoms with Crippen LogP contribution in [-0.4, -0.2) is 70.1 Å². The third kappa shape index (κ3) is 5.44. The van der Waals surface area contributed by atoms with Crippen LogP contribution in [0.4, 0.5) is 0 Å². The van der Waals surface area contributed by atoms with Gasteiger partial charge in [0.15, 0.2) is 5.82 Å². The van der Waals surface area contributed by atoms with E-state index in [0.717, 1.165) is 28.8 Å². The van der Waals surface area contributed by atoms with Crippen molar-refractivity contribution in [3.05, 3.63) is 59.7 Å². The van der Waals surface area contributed by atoms with Crippen molar-refractivity contribution in [2.75, 3.05) is 33.7 Å². The number of likely N-dealkylation sites (N-methyl/N-ethyl adjacent to an activating group) is 1. The first-order chi connectivity index (χ1) is 16.3. The topological polar surface area (TPSA) is 83.4 Å². The minimum atomic E-state index is -0.212. The van der Waals surface area contributed by atoms with Gasteiger partial charge in [-0.05, 0) is 49.3 Å². The minimum Gasteiger partial charge on any atom is -0.345 e. The third-order valence-electron chi connectivity index (χ3n) is 6.15. The van der Waals surface area contributed by atoms with Crippen LogP contribution < -0.4 is 5.32 Å². The number of carbonyl (C=O) groups excluding carboxylic acids is 2. The summed E-state index contributed by atoms with van der Waals surface area (Å²) in [4.78, 5) is 29.5. The van der Waals surface area contributed by atoms with Crippen molar-refractivity contribution in [2.24, 2.45) is 5.92 Å². The van der Waals surface area contributed by atoms with Crippen molar-refractivity contribution < 1.29 is 9.59 Å². The fraction of sp³-hybridized carbons (Fsp3) is 0.462. The second kappa shape index (κ2) is 10.3. The summed E-state index contributed by atoms with van der Waals surface area (Å²) in [6.45, 7) is 6.36. The largest absolute Gasteiger partial charge is 0.345 e. The number of hydrogen-bond donors (Lipinski definition) is 1. The van der Waals surface area contributed by atoms with Gasteiger partial charge < -0.3 is 19.7 Å². The zero-order chi connectivity index (χ0) is 24.2. The molecule has 0 bridgehead atoms. The fourth-order valence-corrected chi connectivity index (χ4v) is 4.54. The molecule has 2 heterocycles. The van der Waals surface area contributed by atoms with Crippen molar-refractivity contribution in [3.63, 3.8) is 0 Å². The van der Waals surface area contributed by atoms with Gasteiger partial charge in [-0.15, -0.1) is 10.2 Å². The van der Waals surface area contributed by atoms with Crippen molar-refractivity contribution in [2.45, 2.75) is 39.3 Å². The van der Waals surface area contributed by atoms with E-state index in [0.29, 0.717) is 44.1 Å². The Morgan fingerprint density at radius 2 is 1.79 bits per heavy atom. The van der Waals surface area contributed by atoms with Crippen molar-refractivity contribution in [1.82, 2.24) is 29.9 Å². The predicted octanol–water partition coefficient (Wildman–Crippen LogP) is 2.89. The Hall–Kier alpha value is -3.26. The summed E-state index contributed by atoms with van der Waals surface area (Å²) >= 11 is 0. The summed E-state index contributed by atoms with van der Waals surface area (Å²) < 4.78 is 2.09. The molecule has 1 aliphatic rings. The molecule has 0 radical (unpaired) electrons. The van der Waals surface area contributed by atoms with Crippen LogP contribution in [0.25, 0.3) is 10.8 Å². The van der Waals surface area contributed by atoms with Gasteiger partial charge in [-0.2, -0.15) is 0 Å². The van der Waals surface area contributed by atoms with Crippen LogP contribution in [0.5, 0.6) is 0 Å². The molecule has 34 heavy (non-hydrogen) atoms. The van der Waals surface area contributed by atoms with E-state index >= 15 is 0 Å². The van der Waals surface area contributed by atoms with E-state index in [4.69, 9.17) is 0 Å². The maximum atomic E-state index is 13.3. The molecule has 4 rings (SSSR count). The zero-order valence-electron chi connectivity index (χ0n) is 20.5. The summed E-state index contributed by atoms with van der Waals surface area (Å²) in [7, 11) is 3.75. The lowest BCUT2D eigenvalue weighted by Crippen LogP contribution is -2.38. The maximum Gasteiger partial charge on any atom is 0.253 e. The van der Waals surface area contributed by atoms with Crippen LogP contribution in [0, 0.1) is 5.92 Å². The molecular formula is C26H34N6O2. The molecule has 0 spiro atoms. The van der Waals surface area contributed by atoms with Crippen molar-refractivity contribution in [1.29, 1.82) is 0 Å². The third-order valence-corrected chi connectivity index (χ3v) is 6.15. The number of carbonyl (C=O) groups is 2.